The Morgan fingerprint density at radius 3 is 2.50 bits per heavy atom. The van der Waals surface area contributed by atoms with Gasteiger partial charge in [-0.15, -0.1) is 0 Å². The molecule has 0 saturated carbocycles. The summed E-state index contributed by atoms with van der Waals surface area (Å²) in [6.45, 7) is 3.46. The SMILES string of the molecule is Cc1ccc(NC(=O)[C@H]2CCCN(C(=O)c3c(C)cccc3F)C2)cc1C(F)(F)F. The third-order valence-electron chi connectivity index (χ3n) is 5.33. The van der Waals surface area contributed by atoms with Crippen molar-refractivity contribution in [3.05, 3.63) is 64.5 Å². The number of piperidine rings is 1. The molecule has 0 spiro atoms. The number of hydrogen-bond donors (Lipinski definition) is 1. The molecule has 0 aromatic heterocycles. The van der Waals surface area contributed by atoms with Crippen LogP contribution in [0.4, 0.5) is 23.2 Å². The van der Waals surface area contributed by atoms with Gasteiger partial charge in [0, 0.05) is 18.8 Å². The fourth-order valence-electron chi connectivity index (χ4n) is 3.69. The molecule has 8 heteroatoms. The molecule has 4 nitrogen and oxygen atoms in total. The van der Waals surface area contributed by atoms with E-state index in [0.29, 0.717) is 24.9 Å². The Bertz CT molecular complexity index is 952. The first kappa shape index (κ1) is 21.8. The molecule has 1 saturated heterocycles. The van der Waals surface area contributed by atoms with E-state index in [1.54, 1.807) is 13.0 Å². The average molecular weight is 422 g/mol. The van der Waals surface area contributed by atoms with E-state index < -0.39 is 35.3 Å². The Morgan fingerprint density at radius 2 is 1.83 bits per heavy atom. The van der Waals surface area contributed by atoms with Crippen LogP contribution in [-0.4, -0.2) is 29.8 Å². The van der Waals surface area contributed by atoms with Gasteiger partial charge in [-0.1, -0.05) is 18.2 Å². The van der Waals surface area contributed by atoms with Crippen LogP contribution in [0.2, 0.25) is 0 Å². The van der Waals surface area contributed by atoms with Gasteiger partial charge in [-0.2, -0.15) is 13.2 Å². The fraction of sp³-hybridized carbons (Fsp3) is 0.364. The van der Waals surface area contributed by atoms with Crippen LogP contribution < -0.4 is 5.32 Å². The molecule has 1 fully saturated rings. The maximum Gasteiger partial charge on any atom is 0.416 e. The van der Waals surface area contributed by atoms with Crippen molar-refractivity contribution in [2.75, 3.05) is 18.4 Å². The second kappa shape index (κ2) is 8.45. The first-order chi connectivity index (χ1) is 14.1. The minimum atomic E-state index is -4.52. The van der Waals surface area contributed by atoms with Crippen molar-refractivity contribution in [2.45, 2.75) is 32.9 Å². The van der Waals surface area contributed by atoms with Gasteiger partial charge in [0.2, 0.25) is 5.91 Å². The van der Waals surface area contributed by atoms with Gasteiger partial charge in [0.25, 0.3) is 5.91 Å². The number of aryl methyl sites for hydroxylation is 2. The second-order valence-corrected chi connectivity index (χ2v) is 7.54. The number of nitrogens with zero attached hydrogens (tertiary/aromatic N) is 1. The first-order valence-electron chi connectivity index (χ1n) is 9.61. The number of carbonyl (C=O) groups is 2. The van der Waals surface area contributed by atoms with Crippen molar-refractivity contribution in [3.63, 3.8) is 0 Å². The summed E-state index contributed by atoms with van der Waals surface area (Å²) in [4.78, 5) is 26.9. The highest BCUT2D eigenvalue weighted by Crippen LogP contribution is 2.33. The molecule has 2 aromatic carbocycles. The summed E-state index contributed by atoms with van der Waals surface area (Å²) < 4.78 is 53.4. The molecule has 0 bridgehead atoms. The number of likely N-dealkylation sites (tertiary alicyclic amines) is 1. The predicted octanol–water partition coefficient (Wildman–Crippen LogP) is 4.95. The smallest absolute Gasteiger partial charge is 0.338 e. The maximum atomic E-state index is 14.1. The maximum absolute atomic E-state index is 14.1. The molecular formula is C22H22F4N2O2. The fourth-order valence-corrected chi connectivity index (χ4v) is 3.69. The van der Waals surface area contributed by atoms with E-state index in [1.165, 1.54) is 36.1 Å². The van der Waals surface area contributed by atoms with Gasteiger partial charge in [-0.3, -0.25) is 9.59 Å². The summed E-state index contributed by atoms with van der Waals surface area (Å²) in [6.07, 6.45) is -3.49. The van der Waals surface area contributed by atoms with Gasteiger partial charge < -0.3 is 10.2 Å². The van der Waals surface area contributed by atoms with Gasteiger partial charge in [-0.25, -0.2) is 4.39 Å². The van der Waals surface area contributed by atoms with Crippen LogP contribution in [0, 0.1) is 25.6 Å². The highest BCUT2D eigenvalue weighted by Gasteiger charge is 2.34. The number of nitrogens with one attached hydrogen (secondary N) is 1. The van der Waals surface area contributed by atoms with Gasteiger partial charge in [-0.05, 0) is 56.0 Å². The number of rotatable bonds is 3. The molecule has 1 N–H and O–H groups in total. The van der Waals surface area contributed by atoms with Gasteiger partial charge in [0.15, 0.2) is 0 Å². The third-order valence-corrected chi connectivity index (χ3v) is 5.33. The van der Waals surface area contributed by atoms with E-state index in [-0.39, 0.29) is 23.4 Å². The zero-order valence-corrected chi connectivity index (χ0v) is 16.6. The van der Waals surface area contributed by atoms with Crippen molar-refractivity contribution in [3.8, 4) is 0 Å². The molecule has 0 unspecified atom stereocenters. The first-order valence-corrected chi connectivity index (χ1v) is 9.61. The van der Waals surface area contributed by atoms with Gasteiger partial charge >= 0.3 is 6.18 Å². The predicted molar refractivity (Wildman–Crippen MR) is 105 cm³/mol. The van der Waals surface area contributed by atoms with Crippen molar-refractivity contribution in [1.29, 1.82) is 0 Å². The standard InChI is InChI=1S/C22H22F4N2O2/c1-13-8-9-16(11-17(13)22(24,25)26)27-20(29)15-6-4-10-28(12-15)21(30)19-14(2)5-3-7-18(19)23/h3,5,7-9,11,15H,4,6,10,12H2,1-2H3,(H,27,29)/t15-/m0/s1. The van der Waals surface area contributed by atoms with Gasteiger partial charge in [0.1, 0.15) is 5.82 Å². The Labute approximate surface area is 171 Å². The zero-order valence-electron chi connectivity index (χ0n) is 16.6. The normalized spacial score (nSPS) is 17.0. The molecule has 2 aromatic rings. The van der Waals surface area contributed by atoms with E-state index >= 15 is 0 Å². The van der Waals surface area contributed by atoms with E-state index in [1.807, 2.05) is 0 Å². The second-order valence-electron chi connectivity index (χ2n) is 7.54. The molecule has 160 valence electrons. The minimum Gasteiger partial charge on any atom is -0.338 e. The van der Waals surface area contributed by atoms with Gasteiger partial charge in [0.05, 0.1) is 17.0 Å². The summed E-state index contributed by atoms with van der Waals surface area (Å²) >= 11 is 0. The quantitative estimate of drug-likeness (QED) is 0.712. The monoisotopic (exact) mass is 422 g/mol. The summed E-state index contributed by atoms with van der Waals surface area (Å²) in [5.41, 5.74) is -0.213. The Hall–Kier alpha value is -2.90. The van der Waals surface area contributed by atoms with Crippen LogP contribution in [0.1, 0.15) is 39.9 Å². The van der Waals surface area contributed by atoms with Crippen LogP contribution in [0.5, 0.6) is 0 Å². The summed E-state index contributed by atoms with van der Waals surface area (Å²) in [5.74, 6) is -2.16. The molecular weight excluding hydrogens is 400 g/mol. The number of halogens is 4. The lowest BCUT2D eigenvalue weighted by atomic mass is 9.95. The lowest BCUT2D eigenvalue weighted by molar-refractivity contribution is -0.138. The van der Waals surface area contributed by atoms with E-state index in [2.05, 4.69) is 5.32 Å². The van der Waals surface area contributed by atoms with Crippen LogP contribution in [0.3, 0.4) is 0 Å². The van der Waals surface area contributed by atoms with Crippen molar-refractivity contribution in [1.82, 2.24) is 4.90 Å². The molecule has 2 amide bonds. The summed E-state index contributed by atoms with van der Waals surface area (Å²) in [5, 5.41) is 2.52. The van der Waals surface area contributed by atoms with Crippen LogP contribution >= 0.6 is 0 Å². The molecule has 3 rings (SSSR count). The Balaban J connectivity index is 1.73. The molecule has 1 aliphatic rings. The number of benzene rings is 2. The van der Waals surface area contributed by atoms with E-state index in [9.17, 15) is 27.2 Å². The molecule has 0 radical (unpaired) electrons. The van der Waals surface area contributed by atoms with Crippen LogP contribution in [0.25, 0.3) is 0 Å². The van der Waals surface area contributed by atoms with Crippen molar-refractivity contribution < 1.29 is 27.2 Å². The molecule has 1 heterocycles. The minimum absolute atomic E-state index is 0.0214. The molecule has 0 aliphatic carbocycles. The highest BCUT2D eigenvalue weighted by atomic mass is 19.4. The third kappa shape index (κ3) is 4.63. The number of amides is 2. The summed E-state index contributed by atoms with van der Waals surface area (Å²) in [7, 11) is 0. The summed E-state index contributed by atoms with van der Waals surface area (Å²) in [6, 6.07) is 7.99. The lowest BCUT2D eigenvalue weighted by Crippen LogP contribution is -2.44. The average Bonchev–Trinajstić information content (AvgIpc) is 2.68. The highest BCUT2D eigenvalue weighted by molar-refractivity contribution is 5.97. The number of carbonyl (C=O) groups excluding carboxylic acids is 2. The topological polar surface area (TPSA) is 49.4 Å². The largest absolute Gasteiger partial charge is 0.416 e. The Kier molecular flexibility index (Phi) is 6.14. The van der Waals surface area contributed by atoms with Crippen LogP contribution in [0.15, 0.2) is 36.4 Å². The lowest BCUT2D eigenvalue weighted by Gasteiger charge is -2.32. The van der Waals surface area contributed by atoms with E-state index in [0.717, 1.165) is 6.07 Å². The number of anilines is 1. The molecule has 1 aliphatic heterocycles. The van der Waals surface area contributed by atoms with E-state index in [4.69, 9.17) is 0 Å². The number of alkyl halides is 3. The zero-order chi connectivity index (χ0) is 22.1. The number of hydrogen-bond acceptors (Lipinski definition) is 2. The van der Waals surface area contributed by atoms with Crippen LogP contribution in [-0.2, 0) is 11.0 Å². The molecule has 30 heavy (non-hydrogen) atoms. The van der Waals surface area contributed by atoms with Crippen molar-refractivity contribution in [2.24, 2.45) is 5.92 Å². The molecule has 1 atom stereocenters. The van der Waals surface area contributed by atoms with Crippen molar-refractivity contribution >= 4 is 17.5 Å². The Morgan fingerprint density at radius 1 is 1.10 bits per heavy atom.